The molecule has 1 aromatic carbocycles. The van der Waals surface area contributed by atoms with E-state index in [1.54, 1.807) is 0 Å². The molecule has 4 N–H and O–H groups in total. The number of carbonyl (C=O) groups excluding carboxylic acids is 1. The van der Waals surface area contributed by atoms with E-state index < -0.39 is 13.4 Å². The Balaban J connectivity index is 1.74. The van der Waals surface area contributed by atoms with Crippen molar-refractivity contribution < 1.29 is 33.6 Å². The molecule has 10 heteroatoms. The molecule has 9 nitrogen and oxygen atoms in total. The maximum Gasteiger partial charge on any atom is 0.524 e. The van der Waals surface area contributed by atoms with Crippen LogP contribution in [0.2, 0.25) is 0 Å². The van der Waals surface area contributed by atoms with Gasteiger partial charge in [0.15, 0.2) is 0 Å². The van der Waals surface area contributed by atoms with E-state index in [0.717, 1.165) is 18.6 Å². The Kier molecular flexibility index (Phi) is 4.79. The molecule has 0 unspecified atom stereocenters. The Labute approximate surface area is 192 Å². The first-order chi connectivity index (χ1) is 15.3. The van der Waals surface area contributed by atoms with Gasteiger partial charge in [-0.25, -0.2) is 4.57 Å². The van der Waals surface area contributed by atoms with Crippen molar-refractivity contribution in [1.29, 1.82) is 0 Å². The van der Waals surface area contributed by atoms with Crippen LogP contribution in [0.15, 0.2) is 11.2 Å². The number of carbonyl (C=O) groups is 1. The molecule has 180 valence electrons. The van der Waals surface area contributed by atoms with Crippen LogP contribution in [-0.2, 0) is 17.5 Å². The number of ether oxygens (including phenoxy) is 1. The minimum atomic E-state index is -4.85. The summed E-state index contributed by atoms with van der Waals surface area (Å²) in [6.45, 7) is 8.91. The summed E-state index contributed by atoms with van der Waals surface area (Å²) in [5, 5.41) is 16.1. The van der Waals surface area contributed by atoms with Gasteiger partial charge in [0.1, 0.15) is 17.1 Å². The lowest BCUT2D eigenvalue weighted by Gasteiger charge is -2.66. The Bertz CT molecular complexity index is 1130. The van der Waals surface area contributed by atoms with Crippen molar-refractivity contribution in [1.82, 2.24) is 5.32 Å². The molecule has 0 saturated heterocycles. The van der Waals surface area contributed by atoms with E-state index in [4.69, 9.17) is 9.26 Å². The molecule has 5 rings (SSSR count). The lowest BCUT2D eigenvalue weighted by molar-refractivity contribution is -0.191. The van der Waals surface area contributed by atoms with Crippen LogP contribution in [0.4, 0.5) is 0 Å². The molecule has 4 aliphatic rings. The van der Waals surface area contributed by atoms with Crippen molar-refractivity contribution in [3.63, 3.8) is 0 Å². The lowest BCUT2D eigenvalue weighted by Crippen LogP contribution is -2.69. The molecule has 0 bridgehead atoms. The maximum absolute atomic E-state index is 12.5. The van der Waals surface area contributed by atoms with Crippen molar-refractivity contribution in [2.45, 2.75) is 71.9 Å². The first-order valence-corrected chi connectivity index (χ1v) is 13.0. The number of phosphoric ester groups is 1. The third kappa shape index (κ3) is 3.01. The lowest BCUT2D eigenvalue weighted by atomic mass is 9.44. The number of oxime groups is 1. The number of hydrogen-bond acceptors (Lipinski definition) is 6. The minimum absolute atomic E-state index is 0.00668. The highest BCUT2D eigenvalue weighted by atomic mass is 31.2. The number of nitrogens with zero attached hydrogens (tertiary/aromatic N) is 1. The smallest absolute Gasteiger partial charge is 0.486 e. The molecule has 0 radical (unpaired) electrons. The zero-order chi connectivity index (χ0) is 24.0. The van der Waals surface area contributed by atoms with E-state index in [2.05, 4.69) is 38.2 Å². The Morgan fingerprint density at radius 3 is 2.64 bits per heavy atom. The first-order valence-electron chi connectivity index (χ1n) is 11.5. The fraction of sp³-hybridized carbons (Fsp3) is 0.652. The zero-order valence-corrected chi connectivity index (χ0v) is 20.2. The summed E-state index contributed by atoms with van der Waals surface area (Å²) in [5.74, 6) is 0.551. The number of fused-ring (bicyclic) bond motifs is 3. The summed E-state index contributed by atoms with van der Waals surface area (Å²) in [6.07, 6.45) is 3.65. The average Bonchev–Trinajstić information content (AvgIpc) is 3.07. The fourth-order valence-electron chi connectivity index (χ4n) is 7.17. The van der Waals surface area contributed by atoms with Gasteiger partial charge in [0.05, 0.1) is 11.3 Å². The average molecular weight is 478 g/mol. The second-order valence-electron chi connectivity index (χ2n) is 10.9. The molecule has 2 heterocycles. The van der Waals surface area contributed by atoms with E-state index in [1.165, 1.54) is 6.07 Å². The quantitative estimate of drug-likeness (QED) is 0.288. The van der Waals surface area contributed by atoms with Gasteiger partial charge >= 0.3 is 7.82 Å². The van der Waals surface area contributed by atoms with Crippen LogP contribution >= 0.6 is 7.82 Å². The van der Waals surface area contributed by atoms with Crippen molar-refractivity contribution >= 4 is 19.4 Å². The van der Waals surface area contributed by atoms with Gasteiger partial charge < -0.3 is 19.8 Å². The zero-order valence-electron chi connectivity index (χ0n) is 19.3. The second kappa shape index (κ2) is 6.96. The molecule has 2 aliphatic heterocycles. The number of nitrogens with one attached hydrogen (secondary N) is 1. The van der Waals surface area contributed by atoms with Gasteiger partial charge in [-0.2, -0.15) is 0 Å². The predicted molar refractivity (Wildman–Crippen MR) is 120 cm³/mol. The highest BCUT2D eigenvalue weighted by molar-refractivity contribution is 7.46. The van der Waals surface area contributed by atoms with E-state index in [-0.39, 0.29) is 34.3 Å². The summed E-state index contributed by atoms with van der Waals surface area (Å²) >= 11 is 0. The molecule has 1 amide bonds. The standard InChI is InChI=1S/C23H31N2O7P/c1-12-5-6-17-21(2,3)18(25-27)7-8-23(17)22(12,4)10-14-16(32-33(28,29)30)9-13-15(19(14)31-23)11-24-20(13)26/h9,12,17,27H,5-8,10-11H2,1-4H3,(H,24,26)(H2,28,29,30)/b25-18+/t12-,17-,22+,23-/m0/s1. The van der Waals surface area contributed by atoms with E-state index in [1.807, 2.05) is 0 Å². The summed E-state index contributed by atoms with van der Waals surface area (Å²) in [6, 6.07) is 1.44. The third-order valence-corrected chi connectivity index (χ3v) is 9.57. The normalized spacial score (nSPS) is 35.6. The van der Waals surface area contributed by atoms with Crippen LogP contribution < -0.4 is 14.6 Å². The monoisotopic (exact) mass is 478 g/mol. The van der Waals surface area contributed by atoms with E-state index in [0.29, 0.717) is 48.2 Å². The van der Waals surface area contributed by atoms with Crippen LogP contribution in [0.3, 0.4) is 0 Å². The largest absolute Gasteiger partial charge is 0.524 e. The summed E-state index contributed by atoms with van der Waals surface area (Å²) in [5.41, 5.74) is 1.10. The molecule has 33 heavy (non-hydrogen) atoms. The Morgan fingerprint density at radius 1 is 1.24 bits per heavy atom. The van der Waals surface area contributed by atoms with Gasteiger partial charge in [-0.05, 0) is 44.1 Å². The van der Waals surface area contributed by atoms with E-state index >= 15 is 0 Å². The van der Waals surface area contributed by atoms with Gasteiger partial charge in [-0.3, -0.25) is 14.6 Å². The number of hydrogen-bond donors (Lipinski definition) is 4. The van der Waals surface area contributed by atoms with Crippen LogP contribution in [0.5, 0.6) is 11.5 Å². The topological polar surface area (TPSA) is 138 Å². The summed E-state index contributed by atoms with van der Waals surface area (Å²) < 4.78 is 23.9. The molecule has 1 aromatic rings. The highest BCUT2D eigenvalue weighted by Crippen LogP contribution is 2.66. The van der Waals surface area contributed by atoms with Gasteiger partial charge in [-0.1, -0.05) is 32.9 Å². The highest BCUT2D eigenvalue weighted by Gasteiger charge is 2.67. The number of benzene rings is 1. The van der Waals surface area contributed by atoms with Crippen molar-refractivity contribution in [3.8, 4) is 11.5 Å². The van der Waals surface area contributed by atoms with Crippen molar-refractivity contribution in [3.05, 3.63) is 22.8 Å². The summed E-state index contributed by atoms with van der Waals surface area (Å²) in [7, 11) is -4.85. The van der Waals surface area contributed by atoms with E-state index in [9.17, 15) is 24.4 Å². The van der Waals surface area contributed by atoms with Crippen LogP contribution in [0.1, 0.15) is 74.9 Å². The molecule has 2 saturated carbocycles. The molecule has 2 aliphatic carbocycles. The SMILES string of the molecule is C[C@H]1CC[C@H]2C(C)(C)/C(=N/O)CC[C@]23Oc2c(c(OP(=O)(O)O)cc4c2CNC4=O)C[C@]13C. The van der Waals surface area contributed by atoms with Crippen molar-refractivity contribution in [2.24, 2.45) is 27.8 Å². The Hall–Kier alpha value is -2.09. The second-order valence-corrected chi connectivity index (χ2v) is 12.0. The van der Waals surface area contributed by atoms with Gasteiger partial charge in [0.2, 0.25) is 0 Å². The first kappa shape index (κ1) is 22.7. The van der Waals surface area contributed by atoms with Gasteiger partial charge in [0.25, 0.3) is 5.91 Å². The third-order valence-electron chi connectivity index (χ3n) is 9.14. The number of amides is 1. The molecule has 0 aromatic heterocycles. The summed E-state index contributed by atoms with van der Waals surface area (Å²) in [4.78, 5) is 31.6. The molecular weight excluding hydrogens is 447 g/mol. The van der Waals surface area contributed by atoms with Gasteiger partial charge in [-0.15, -0.1) is 0 Å². The van der Waals surface area contributed by atoms with Gasteiger partial charge in [0, 0.05) is 34.4 Å². The number of rotatable bonds is 2. The fourth-order valence-corrected chi connectivity index (χ4v) is 7.59. The molecule has 1 spiro atoms. The number of phosphoric acid groups is 1. The molecule has 2 fully saturated rings. The maximum atomic E-state index is 12.5. The van der Waals surface area contributed by atoms with Crippen LogP contribution in [0, 0.1) is 22.7 Å². The molecule has 4 atom stereocenters. The van der Waals surface area contributed by atoms with Crippen LogP contribution in [-0.4, -0.2) is 32.2 Å². The predicted octanol–water partition coefficient (Wildman–Crippen LogP) is 3.78. The van der Waals surface area contributed by atoms with Crippen molar-refractivity contribution in [2.75, 3.05) is 0 Å². The van der Waals surface area contributed by atoms with Crippen LogP contribution in [0.25, 0.3) is 0 Å². The minimum Gasteiger partial charge on any atom is -0.486 e. The Morgan fingerprint density at radius 2 is 1.97 bits per heavy atom. The molecular formula is C23H31N2O7P.